The first-order chi connectivity index (χ1) is 9.24. The molecule has 1 aliphatic heterocycles. The summed E-state index contributed by atoms with van der Waals surface area (Å²) in [6.07, 6.45) is 4.52. The lowest BCUT2D eigenvalue weighted by Crippen LogP contribution is -2.51. The van der Waals surface area contributed by atoms with Crippen LogP contribution in [-0.4, -0.2) is 48.4 Å². The van der Waals surface area contributed by atoms with Crippen molar-refractivity contribution < 1.29 is 4.74 Å². The molecule has 1 aromatic heterocycles. The van der Waals surface area contributed by atoms with E-state index in [1.165, 1.54) is 12.8 Å². The van der Waals surface area contributed by atoms with E-state index in [4.69, 9.17) is 4.74 Å². The quantitative estimate of drug-likeness (QED) is 0.879. The minimum absolute atomic E-state index is 0.366. The summed E-state index contributed by atoms with van der Waals surface area (Å²) >= 11 is 0. The fraction of sp³-hybridized carbons (Fsp3) is 0.714. The van der Waals surface area contributed by atoms with Crippen molar-refractivity contribution in [3.8, 4) is 0 Å². The number of nitrogens with zero attached hydrogens (tertiary/aromatic N) is 3. The van der Waals surface area contributed by atoms with Gasteiger partial charge in [-0.3, -0.25) is 4.98 Å². The molecular formula is C14H22N4O. The van der Waals surface area contributed by atoms with Crippen molar-refractivity contribution in [2.45, 2.75) is 38.8 Å². The summed E-state index contributed by atoms with van der Waals surface area (Å²) in [7, 11) is 0. The van der Waals surface area contributed by atoms with Gasteiger partial charge in [0.2, 0.25) is 0 Å². The van der Waals surface area contributed by atoms with Gasteiger partial charge in [-0.2, -0.15) is 0 Å². The third-order valence-corrected chi connectivity index (χ3v) is 3.92. The number of aromatic nitrogens is 2. The molecule has 2 fully saturated rings. The van der Waals surface area contributed by atoms with Crippen LogP contribution in [0, 0.1) is 13.8 Å². The van der Waals surface area contributed by atoms with Crippen LogP contribution in [0.1, 0.15) is 24.2 Å². The van der Waals surface area contributed by atoms with Gasteiger partial charge in [0.05, 0.1) is 36.8 Å². The average Bonchev–Trinajstić information content (AvgIpc) is 3.24. The third-order valence-electron chi connectivity index (χ3n) is 3.92. The van der Waals surface area contributed by atoms with Gasteiger partial charge in [0.25, 0.3) is 0 Å². The van der Waals surface area contributed by atoms with Crippen LogP contribution in [-0.2, 0) is 4.74 Å². The van der Waals surface area contributed by atoms with Gasteiger partial charge >= 0.3 is 0 Å². The zero-order valence-electron chi connectivity index (χ0n) is 11.7. The molecule has 2 aliphatic rings. The van der Waals surface area contributed by atoms with Crippen LogP contribution in [0.2, 0.25) is 0 Å². The summed E-state index contributed by atoms with van der Waals surface area (Å²) in [4.78, 5) is 11.4. The van der Waals surface area contributed by atoms with Crippen LogP contribution in [0.3, 0.4) is 0 Å². The summed E-state index contributed by atoms with van der Waals surface area (Å²) < 4.78 is 5.61. The first kappa shape index (κ1) is 12.8. The Morgan fingerprint density at radius 1 is 1.37 bits per heavy atom. The maximum atomic E-state index is 5.61. The molecule has 2 heterocycles. The fourth-order valence-electron chi connectivity index (χ4n) is 2.38. The van der Waals surface area contributed by atoms with Crippen LogP contribution >= 0.6 is 0 Å². The fourth-order valence-corrected chi connectivity index (χ4v) is 2.38. The van der Waals surface area contributed by atoms with Crippen molar-refractivity contribution in [1.29, 1.82) is 0 Å². The van der Waals surface area contributed by atoms with Gasteiger partial charge in [0.15, 0.2) is 0 Å². The van der Waals surface area contributed by atoms with E-state index in [2.05, 4.69) is 20.2 Å². The van der Waals surface area contributed by atoms with Crippen molar-refractivity contribution in [2.75, 3.05) is 31.2 Å². The number of aryl methyl sites for hydroxylation is 2. The Morgan fingerprint density at radius 3 is 2.95 bits per heavy atom. The molecule has 1 unspecified atom stereocenters. The maximum absolute atomic E-state index is 5.61. The number of ether oxygens (including phenoxy) is 1. The molecule has 19 heavy (non-hydrogen) atoms. The number of anilines is 1. The standard InChI is InChI=1S/C14H22N4O/c1-10-11(2)17-14(8-15-10)18-5-6-19-9-13(18)7-16-12-3-4-12/h8,12-13,16H,3-7,9H2,1-2H3. The molecule has 1 saturated carbocycles. The van der Waals surface area contributed by atoms with E-state index in [1.54, 1.807) is 0 Å². The van der Waals surface area contributed by atoms with Crippen molar-refractivity contribution >= 4 is 5.82 Å². The molecule has 1 atom stereocenters. The molecule has 0 amide bonds. The zero-order valence-corrected chi connectivity index (χ0v) is 11.7. The van der Waals surface area contributed by atoms with E-state index in [9.17, 15) is 0 Å². The van der Waals surface area contributed by atoms with E-state index in [0.29, 0.717) is 6.04 Å². The predicted octanol–water partition coefficient (Wildman–Crippen LogP) is 1.05. The molecular weight excluding hydrogens is 240 g/mol. The smallest absolute Gasteiger partial charge is 0.147 e. The van der Waals surface area contributed by atoms with Gasteiger partial charge in [-0.25, -0.2) is 4.98 Å². The Morgan fingerprint density at radius 2 is 2.21 bits per heavy atom. The van der Waals surface area contributed by atoms with E-state index in [1.807, 2.05) is 20.0 Å². The first-order valence-corrected chi connectivity index (χ1v) is 7.12. The second-order valence-corrected chi connectivity index (χ2v) is 5.50. The Bertz CT molecular complexity index is 447. The Kier molecular flexibility index (Phi) is 3.66. The highest BCUT2D eigenvalue weighted by Gasteiger charge is 2.27. The minimum Gasteiger partial charge on any atom is -0.377 e. The Hall–Kier alpha value is -1.20. The zero-order chi connectivity index (χ0) is 13.2. The molecule has 0 spiro atoms. The summed E-state index contributed by atoms with van der Waals surface area (Å²) in [5.41, 5.74) is 2.02. The monoisotopic (exact) mass is 262 g/mol. The van der Waals surface area contributed by atoms with Crippen LogP contribution < -0.4 is 10.2 Å². The van der Waals surface area contributed by atoms with Crippen LogP contribution in [0.4, 0.5) is 5.82 Å². The van der Waals surface area contributed by atoms with E-state index < -0.39 is 0 Å². The normalized spacial score (nSPS) is 23.7. The minimum atomic E-state index is 0.366. The van der Waals surface area contributed by atoms with Crippen molar-refractivity contribution in [3.05, 3.63) is 17.6 Å². The molecule has 0 radical (unpaired) electrons. The van der Waals surface area contributed by atoms with Gasteiger partial charge < -0.3 is 15.0 Å². The second kappa shape index (κ2) is 5.43. The van der Waals surface area contributed by atoms with Crippen molar-refractivity contribution in [1.82, 2.24) is 15.3 Å². The number of rotatable bonds is 4. The highest BCUT2D eigenvalue weighted by atomic mass is 16.5. The molecule has 1 aromatic rings. The SMILES string of the molecule is Cc1ncc(N2CCOCC2CNC2CC2)nc1C. The van der Waals surface area contributed by atoms with Crippen LogP contribution in [0.25, 0.3) is 0 Å². The maximum Gasteiger partial charge on any atom is 0.147 e. The van der Waals surface area contributed by atoms with E-state index >= 15 is 0 Å². The summed E-state index contributed by atoms with van der Waals surface area (Å²) in [5, 5.41) is 3.58. The summed E-state index contributed by atoms with van der Waals surface area (Å²) in [5.74, 6) is 0.981. The van der Waals surface area contributed by atoms with Gasteiger partial charge in [-0.05, 0) is 26.7 Å². The highest BCUT2D eigenvalue weighted by molar-refractivity contribution is 5.39. The lowest BCUT2D eigenvalue weighted by Gasteiger charge is -2.36. The molecule has 1 saturated heterocycles. The van der Waals surface area contributed by atoms with E-state index in [-0.39, 0.29) is 0 Å². The first-order valence-electron chi connectivity index (χ1n) is 7.12. The van der Waals surface area contributed by atoms with Gasteiger partial charge in [-0.15, -0.1) is 0 Å². The molecule has 0 bridgehead atoms. The number of morpholine rings is 1. The van der Waals surface area contributed by atoms with Gasteiger partial charge in [-0.1, -0.05) is 0 Å². The summed E-state index contributed by atoms with van der Waals surface area (Å²) in [6, 6.07) is 1.10. The van der Waals surface area contributed by atoms with Gasteiger partial charge in [0, 0.05) is 19.1 Å². The predicted molar refractivity (Wildman–Crippen MR) is 74.5 cm³/mol. The topological polar surface area (TPSA) is 50.3 Å². The van der Waals surface area contributed by atoms with Crippen molar-refractivity contribution in [3.63, 3.8) is 0 Å². The molecule has 5 heteroatoms. The number of hydrogen-bond donors (Lipinski definition) is 1. The molecule has 1 N–H and O–H groups in total. The molecule has 1 aliphatic carbocycles. The number of nitrogens with one attached hydrogen (secondary N) is 1. The Labute approximate surface area is 114 Å². The lowest BCUT2D eigenvalue weighted by molar-refractivity contribution is 0.0932. The largest absolute Gasteiger partial charge is 0.377 e. The van der Waals surface area contributed by atoms with E-state index in [0.717, 1.165) is 49.6 Å². The molecule has 5 nitrogen and oxygen atoms in total. The second-order valence-electron chi connectivity index (χ2n) is 5.50. The van der Waals surface area contributed by atoms with Crippen LogP contribution in [0.15, 0.2) is 6.20 Å². The summed E-state index contributed by atoms with van der Waals surface area (Å²) in [6.45, 7) is 7.43. The molecule has 0 aromatic carbocycles. The highest BCUT2D eigenvalue weighted by Crippen LogP contribution is 2.21. The average molecular weight is 262 g/mol. The lowest BCUT2D eigenvalue weighted by atomic mass is 10.2. The molecule has 3 rings (SSSR count). The van der Waals surface area contributed by atoms with Gasteiger partial charge in [0.1, 0.15) is 5.82 Å². The van der Waals surface area contributed by atoms with Crippen LogP contribution in [0.5, 0.6) is 0 Å². The number of hydrogen-bond acceptors (Lipinski definition) is 5. The third kappa shape index (κ3) is 3.04. The van der Waals surface area contributed by atoms with Crippen molar-refractivity contribution in [2.24, 2.45) is 0 Å². The Balaban J connectivity index is 1.72. The molecule has 104 valence electrons.